The van der Waals surface area contributed by atoms with Crippen molar-refractivity contribution >= 4 is 11.6 Å². The van der Waals surface area contributed by atoms with E-state index in [1.165, 1.54) is 25.3 Å². The number of amides is 1. The highest BCUT2D eigenvalue weighted by Crippen LogP contribution is 2.19. The Morgan fingerprint density at radius 3 is 2.15 bits per heavy atom. The van der Waals surface area contributed by atoms with Gasteiger partial charge in [-0.3, -0.25) is 4.79 Å². The maximum absolute atomic E-state index is 13.7. The maximum Gasteiger partial charge on any atom is 0.258 e. The molecule has 0 spiro atoms. The molecule has 5 heteroatoms. The van der Waals surface area contributed by atoms with Gasteiger partial charge >= 0.3 is 0 Å². The first-order valence-corrected chi connectivity index (χ1v) is 5.93. The first-order chi connectivity index (χ1) is 9.63. The van der Waals surface area contributed by atoms with Gasteiger partial charge in [0.2, 0.25) is 0 Å². The molecule has 0 atom stereocenters. The molecule has 104 valence electrons. The number of methoxy groups -OCH3 is 2. The first-order valence-electron chi connectivity index (χ1n) is 5.93. The van der Waals surface area contributed by atoms with E-state index in [0.29, 0.717) is 17.2 Å². The fourth-order valence-corrected chi connectivity index (χ4v) is 1.68. The van der Waals surface area contributed by atoms with Gasteiger partial charge in [-0.05, 0) is 36.4 Å². The predicted molar refractivity (Wildman–Crippen MR) is 73.9 cm³/mol. The summed E-state index contributed by atoms with van der Waals surface area (Å²) in [6, 6.07) is 10.9. The van der Waals surface area contributed by atoms with Gasteiger partial charge in [-0.15, -0.1) is 0 Å². The van der Waals surface area contributed by atoms with E-state index in [0.717, 1.165) is 0 Å². The Morgan fingerprint density at radius 1 is 1.00 bits per heavy atom. The Labute approximate surface area is 116 Å². The minimum absolute atomic E-state index is 0.0402. The van der Waals surface area contributed by atoms with Crippen LogP contribution in [0.5, 0.6) is 11.5 Å². The van der Waals surface area contributed by atoms with Crippen LogP contribution in [-0.2, 0) is 0 Å². The van der Waals surface area contributed by atoms with E-state index in [-0.39, 0.29) is 5.56 Å². The third kappa shape index (κ3) is 3.06. The molecule has 0 aromatic heterocycles. The highest BCUT2D eigenvalue weighted by molar-refractivity contribution is 6.04. The summed E-state index contributed by atoms with van der Waals surface area (Å²) < 4.78 is 23.7. The van der Waals surface area contributed by atoms with Crippen molar-refractivity contribution in [3.8, 4) is 11.5 Å². The minimum atomic E-state index is -0.629. The fourth-order valence-electron chi connectivity index (χ4n) is 1.68. The van der Waals surface area contributed by atoms with E-state index in [1.807, 2.05) is 0 Å². The van der Waals surface area contributed by atoms with Crippen molar-refractivity contribution in [2.75, 3.05) is 19.5 Å². The summed E-state index contributed by atoms with van der Waals surface area (Å²) >= 11 is 0. The van der Waals surface area contributed by atoms with Crippen LogP contribution < -0.4 is 14.8 Å². The second-order valence-corrected chi connectivity index (χ2v) is 4.03. The molecule has 20 heavy (non-hydrogen) atoms. The SMILES string of the molecule is COc1ccc(NC(=O)c2ccc(OC)cc2F)cc1. The van der Waals surface area contributed by atoms with Crippen LogP contribution >= 0.6 is 0 Å². The van der Waals surface area contributed by atoms with Gasteiger partial charge < -0.3 is 14.8 Å². The van der Waals surface area contributed by atoms with E-state index in [9.17, 15) is 9.18 Å². The smallest absolute Gasteiger partial charge is 0.258 e. The Kier molecular flexibility index (Phi) is 4.20. The molecule has 0 aliphatic rings. The number of nitrogens with one attached hydrogen (secondary N) is 1. The molecule has 1 N–H and O–H groups in total. The molecule has 4 nitrogen and oxygen atoms in total. The van der Waals surface area contributed by atoms with Gasteiger partial charge in [0.05, 0.1) is 19.8 Å². The lowest BCUT2D eigenvalue weighted by atomic mass is 10.2. The number of carbonyl (C=O) groups is 1. The van der Waals surface area contributed by atoms with Crippen molar-refractivity contribution < 1.29 is 18.7 Å². The van der Waals surface area contributed by atoms with Crippen molar-refractivity contribution in [1.29, 1.82) is 0 Å². The summed E-state index contributed by atoms with van der Waals surface area (Å²) in [4.78, 5) is 12.0. The van der Waals surface area contributed by atoms with Crippen LogP contribution in [0.15, 0.2) is 42.5 Å². The van der Waals surface area contributed by atoms with Crippen LogP contribution in [0.1, 0.15) is 10.4 Å². The predicted octanol–water partition coefficient (Wildman–Crippen LogP) is 3.10. The zero-order chi connectivity index (χ0) is 14.5. The van der Waals surface area contributed by atoms with Gasteiger partial charge in [-0.2, -0.15) is 0 Å². The van der Waals surface area contributed by atoms with E-state index >= 15 is 0 Å². The molecule has 0 unspecified atom stereocenters. The van der Waals surface area contributed by atoms with Crippen molar-refractivity contribution in [2.45, 2.75) is 0 Å². The Balaban J connectivity index is 2.14. The molecular weight excluding hydrogens is 261 g/mol. The minimum Gasteiger partial charge on any atom is -0.497 e. The lowest BCUT2D eigenvalue weighted by Crippen LogP contribution is -2.13. The molecule has 0 bridgehead atoms. The standard InChI is InChI=1S/C15H14FNO3/c1-19-11-5-3-10(4-6-11)17-15(18)13-8-7-12(20-2)9-14(13)16/h3-9H,1-2H3,(H,17,18). The normalized spacial score (nSPS) is 9.95. The summed E-state index contributed by atoms with van der Waals surface area (Å²) in [6.45, 7) is 0. The monoisotopic (exact) mass is 275 g/mol. The molecule has 2 aromatic carbocycles. The first kappa shape index (κ1) is 13.9. The third-order valence-corrected chi connectivity index (χ3v) is 2.77. The molecular formula is C15H14FNO3. The maximum atomic E-state index is 13.7. The fraction of sp³-hybridized carbons (Fsp3) is 0.133. The van der Waals surface area contributed by atoms with Gasteiger partial charge in [0.1, 0.15) is 17.3 Å². The number of halogens is 1. The lowest BCUT2D eigenvalue weighted by molar-refractivity contribution is 0.102. The molecule has 0 fully saturated rings. The number of anilines is 1. The quantitative estimate of drug-likeness (QED) is 0.932. The van der Waals surface area contributed by atoms with Gasteiger partial charge in [-0.25, -0.2) is 4.39 Å². The zero-order valence-electron chi connectivity index (χ0n) is 11.1. The average Bonchev–Trinajstić information content (AvgIpc) is 2.47. The topological polar surface area (TPSA) is 47.6 Å². The molecule has 0 heterocycles. The molecule has 0 saturated carbocycles. The van der Waals surface area contributed by atoms with E-state index in [2.05, 4.69) is 5.32 Å². The molecule has 1 amide bonds. The zero-order valence-corrected chi connectivity index (χ0v) is 11.1. The Hall–Kier alpha value is -2.56. The van der Waals surface area contributed by atoms with E-state index in [4.69, 9.17) is 9.47 Å². The molecule has 0 aliphatic carbocycles. The lowest BCUT2D eigenvalue weighted by Gasteiger charge is -2.08. The highest BCUT2D eigenvalue weighted by atomic mass is 19.1. The van der Waals surface area contributed by atoms with Gasteiger partial charge in [0.25, 0.3) is 5.91 Å². The molecule has 0 radical (unpaired) electrons. The third-order valence-electron chi connectivity index (χ3n) is 2.77. The van der Waals surface area contributed by atoms with Crippen molar-refractivity contribution in [2.24, 2.45) is 0 Å². The number of hydrogen-bond acceptors (Lipinski definition) is 3. The number of benzene rings is 2. The number of carbonyl (C=O) groups excluding carboxylic acids is 1. The van der Waals surface area contributed by atoms with Crippen LogP contribution in [0, 0.1) is 5.82 Å². The molecule has 0 saturated heterocycles. The summed E-state index contributed by atoms with van der Waals surface area (Å²) in [7, 11) is 2.99. The highest BCUT2D eigenvalue weighted by Gasteiger charge is 2.12. The van der Waals surface area contributed by atoms with Crippen LogP contribution in [0.25, 0.3) is 0 Å². The van der Waals surface area contributed by atoms with E-state index < -0.39 is 11.7 Å². The van der Waals surface area contributed by atoms with Crippen molar-refractivity contribution in [3.63, 3.8) is 0 Å². The Morgan fingerprint density at radius 2 is 1.60 bits per heavy atom. The molecule has 2 rings (SSSR count). The average molecular weight is 275 g/mol. The van der Waals surface area contributed by atoms with Crippen LogP contribution in [-0.4, -0.2) is 20.1 Å². The second kappa shape index (κ2) is 6.06. The van der Waals surface area contributed by atoms with Gasteiger partial charge in [0, 0.05) is 11.8 Å². The number of rotatable bonds is 4. The van der Waals surface area contributed by atoms with Crippen LogP contribution in [0.3, 0.4) is 0 Å². The number of ether oxygens (including phenoxy) is 2. The second-order valence-electron chi connectivity index (χ2n) is 4.03. The summed E-state index contributed by atoms with van der Waals surface area (Å²) in [6.07, 6.45) is 0. The van der Waals surface area contributed by atoms with Crippen molar-refractivity contribution in [3.05, 3.63) is 53.8 Å². The van der Waals surface area contributed by atoms with Crippen molar-refractivity contribution in [1.82, 2.24) is 0 Å². The number of hydrogen-bond donors (Lipinski definition) is 1. The molecule has 0 aliphatic heterocycles. The van der Waals surface area contributed by atoms with Crippen LogP contribution in [0.4, 0.5) is 10.1 Å². The largest absolute Gasteiger partial charge is 0.497 e. The van der Waals surface area contributed by atoms with Gasteiger partial charge in [0.15, 0.2) is 0 Å². The summed E-state index contributed by atoms with van der Waals surface area (Å²) in [5.41, 5.74) is 0.521. The van der Waals surface area contributed by atoms with E-state index in [1.54, 1.807) is 31.4 Å². The van der Waals surface area contributed by atoms with Gasteiger partial charge in [-0.1, -0.05) is 0 Å². The van der Waals surface area contributed by atoms with Crippen LogP contribution in [0.2, 0.25) is 0 Å². The molecule has 2 aromatic rings. The summed E-state index contributed by atoms with van der Waals surface area (Å²) in [5, 5.41) is 2.61. The Bertz CT molecular complexity index is 611. The summed E-state index contributed by atoms with van der Waals surface area (Å²) in [5.74, 6) is -0.104.